The van der Waals surface area contributed by atoms with Crippen LogP contribution in [0.15, 0.2) is 41.1 Å². The molecular weight excluding hydrogens is 202 g/mol. The maximum atomic E-state index is 5.85. The van der Waals surface area contributed by atoms with E-state index in [1.54, 1.807) is 11.3 Å². The van der Waals surface area contributed by atoms with E-state index in [1.807, 2.05) is 6.92 Å². The Bertz CT molecular complexity index is 418. The van der Waals surface area contributed by atoms with E-state index >= 15 is 0 Å². The van der Waals surface area contributed by atoms with Crippen molar-refractivity contribution in [2.45, 2.75) is 19.4 Å². The summed E-state index contributed by atoms with van der Waals surface area (Å²) in [7, 11) is 0. The van der Waals surface area contributed by atoms with E-state index in [1.165, 1.54) is 16.7 Å². The molecule has 0 aliphatic heterocycles. The van der Waals surface area contributed by atoms with Crippen molar-refractivity contribution in [3.63, 3.8) is 0 Å². The lowest BCUT2D eigenvalue weighted by Gasteiger charge is -2.10. The Kier molecular flexibility index (Phi) is 3.19. The van der Waals surface area contributed by atoms with Crippen LogP contribution in [0.2, 0.25) is 0 Å². The first-order chi connectivity index (χ1) is 7.27. The first-order valence-corrected chi connectivity index (χ1v) is 6.07. The van der Waals surface area contributed by atoms with Crippen molar-refractivity contribution in [1.82, 2.24) is 0 Å². The third kappa shape index (κ3) is 2.46. The SMILES string of the molecule is CC(N)Cc1ccccc1-c1ccsc1. The summed E-state index contributed by atoms with van der Waals surface area (Å²) in [4.78, 5) is 0. The lowest BCUT2D eigenvalue weighted by Crippen LogP contribution is -2.18. The highest BCUT2D eigenvalue weighted by Crippen LogP contribution is 2.26. The highest BCUT2D eigenvalue weighted by atomic mass is 32.1. The van der Waals surface area contributed by atoms with E-state index in [0.717, 1.165) is 6.42 Å². The molecule has 0 aliphatic carbocycles. The van der Waals surface area contributed by atoms with Crippen molar-refractivity contribution < 1.29 is 0 Å². The summed E-state index contributed by atoms with van der Waals surface area (Å²) in [5, 5.41) is 4.29. The van der Waals surface area contributed by atoms with Gasteiger partial charge in [-0.15, -0.1) is 0 Å². The zero-order chi connectivity index (χ0) is 10.7. The van der Waals surface area contributed by atoms with Gasteiger partial charge in [-0.1, -0.05) is 24.3 Å². The summed E-state index contributed by atoms with van der Waals surface area (Å²) >= 11 is 1.73. The van der Waals surface area contributed by atoms with Gasteiger partial charge in [0, 0.05) is 6.04 Å². The normalized spacial score (nSPS) is 12.7. The lowest BCUT2D eigenvalue weighted by atomic mass is 9.97. The molecule has 1 aromatic carbocycles. The predicted octanol–water partition coefficient (Wildman–Crippen LogP) is 3.30. The summed E-state index contributed by atoms with van der Waals surface area (Å²) in [5.74, 6) is 0. The fourth-order valence-electron chi connectivity index (χ4n) is 1.74. The molecule has 15 heavy (non-hydrogen) atoms. The van der Waals surface area contributed by atoms with Crippen molar-refractivity contribution in [2.75, 3.05) is 0 Å². The largest absolute Gasteiger partial charge is 0.328 e. The summed E-state index contributed by atoms with van der Waals surface area (Å²) < 4.78 is 0. The van der Waals surface area contributed by atoms with Crippen LogP contribution in [-0.2, 0) is 6.42 Å². The Morgan fingerprint density at radius 3 is 2.73 bits per heavy atom. The second-order valence-corrected chi connectivity index (χ2v) is 4.63. The third-order valence-electron chi connectivity index (χ3n) is 2.39. The molecule has 1 aromatic heterocycles. The lowest BCUT2D eigenvalue weighted by molar-refractivity contribution is 0.739. The summed E-state index contributed by atoms with van der Waals surface area (Å²) in [6, 6.07) is 10.9. The maximum absolute atomic E-state index is 5.85. The molecule has 2 rings (SSSR count). The Hall–Kier alpha value is -1.12. The van der Waals surface area contributed by atoms with E-state index in [4.69, 9.17) is 5.73 Å². The fourth-order valence-corrected chi connectivity index (χ4v) is 2.40. The van der Waals surface area contributed by atoms with Gasteiger partial charge in [0.2, 0.25) is 0 Å². The van der Waals surface area contributed by atoms with Gasteiger partial charge in [0.15, 0.2) is 0 Å². The number of hydrogen-bond acceptors (Lipinski definition) is 2. The molecule has 78 valence electrons. The first-order valence-electron chi connectivity index (χ1n) is 5.13. The minimum absolute atomic E-state index is 0.213. The van der Waals surface area contributed by atoms with Crippen molar-refractivity contribution >= 4 is 11.3 Å². The third-order valence-corrected chi connectivity index (χ3v) is 3.07. The molecule has 0 bridgehead atoms. The standard InChI is InChI=1S/C13H15NS/c1-10(14)8-11-4-2-3-5-13(11)12-6-7-15-9-12/h2-7,9-10H,8,14H2,1H3. The number of hydrogen-bond donors (Lipinski definition) is 1. The molecule has 1 unspecified atom stereocenters. The van der Waals surface area contributed by atoms with Crippen LogP contribution in [0.25, 0.3) is 11.1 Å². The molecule has 0 amide bonds. The van der Waals surface area contributed by atoms with Crippen molar-refractivity contribution in [3.8, 4) is 11.1 Å². The zero-order valence-corrected chi connectivity index (χ0v) is 9.63. The first kappa shape index (κ1) is 10.4. The summed E-state index contributed by atoms with van der Waals surface area (Å²) in [6.07, 6.45) is 0.937. The molecule has 0 saturated carbocycles. The van der Waals surface area contributed by atoms with Gasteiger partial charge in [0.1, 0.15) is 0 Å². The summed E-state index contributed by atoms with van der Waals surface area (Å²) in [5.41, 5.74) is 9.81. The van der Waals surface area contributed by atoms with E-state index in [-0.39, 0.29) is 6.04 Å². The molecule has 2 N–H and O–H groups in total. The minimum Gasteiger partial charge on any atom is -0.328 e. The molecule has 0 aliphatic rings. The molecule has 0 spiro atoms. The Labute approximate surface area is 94.6 Å². The van der Waals surface area contributed by atoms with Gasteiger partial charge >= 0.3 is 0 Å². The second-order valence-electron chi connectivity index (χ2n) is 3.85. The van der Waals surface area contributed by atoms with Crippen LogP contribution in [0.5, 0.6) is 0 Å². The zero-order valence-electron chi connectivity index (χ0n) is 8.81. The Morgan fingerprint density at radius 1 is 1.27 bits per heavy atom. The van der Waals surface area contributed by atoms with Crippen LogP contribution in [0.3, 0.4) is 0 Å². The summed E-state index contributed by atoms with van der Waals surface area (Å²) in [6.45, 7) is 2.05. The van der Waals surface area contributed by atoms with E-state index in [2.05, 4.69) is 41.1 Å². The molecule has 0 saturated heterocycles. The molecule has 1 nitrogen and oxygen atoms in total. The van der Waals surface area contributed by atoms with Gasteiger partial charge in [0.05, 0.1) is 0 Å². The number of benzene rings is 1. The maximum Gasteiger partial charge on any atom is 0.00511 e. The molecular formula is C13H15NS. The quantitative estimate of drug-likeness (QED) is 0.838. The van der Waals surface area contributed by atoms with Gasteiger partial charge in [-0.05, 0) is 46.9 Å². The van der Waals surface area contributed by atoms with Crippen LogP contribution in [0.1, 0.15) is 12.5 Å². The smallest absolute Gasteiger partial charge is 0.00511 e. The molecule has 2 aromatic rings. The van der Waals surface area contributed by atoms with Gasteiger partial charge in [0.25, 0.3) is 0 Å². The monoisotopic (exact) mass is 217 g/mol. The highest BCUT2D eigenvalue weighted by molar-refractivity contribution is 7.08. The molecule has 0 radical (unpaired) electrons. The van der Waals surface area contributed by atoms with Gasteiger partial charge in [-0.2, -0.15) is 11.3 Å². The average Bonchev–Trinajstić information content (AvgIpc) is 2.70. The van der Waals surface area contributed by atoms with Crippen LogP contribution in [0, 0.1) is 0 Å². The van der Waals surface area contributed by atoms with Gasteiger partial charge in [-0.25, -0.2) is 0 Å². The topological polar surface area (TPSA) is 26.0 Å². The molecule has 2 heteroatoms. The highest BCUT2D eigenvalue weighted by Gasteiger charge is 2.06. The molecule has 1 heterocycles. The van der Waals surface area contributed by atoms with Crippen LogP contribution in [0.4, 0.5) is 0 Å². The predicted molar refractivity (Wildman–Crippen MR) is 67.1 cm³/mol. The fraction of sp³-hybridized carbons (Fsp3) is 0.231. The Balaban J connectivity index is 2.38. The number of rotatable bonds is 3. The van der Waals surface area contributed by atoms with Crippen molar-refractivity contribution in [3.05, 3.63) is 46.7 Å². The van der Waals surface area contributed by atoms with E-state index in [9.17, 15) is 0 Å². The van der Waals surface area contributed by atoms with Gasteiger partial charge in [-0.3, -0.25) is 0 Å². The molecule has 1 atom stereocenters. The van der Waals surface area contributed by atoms with E-state index < -0.39 is 0 Å². The second kappa shape index (κ2) is 4.60. The van der Waals surface area contributed by atoms with E-state index in [0.29, 0.717) is 0 Å². The Morgan fingerprint density at radius 2 is 2.07 bits per heavy atom. The van der Waals surface area contributed by atoms with Crippen LogP contribution < -0.4 is 5.73 Å². The molecule has 0 fully saturated rings. The minimum atomic E-state index is 0.213. The van der Waals surface area contributed by atoms with Crippen LogP contribution >= 0.6 is 11.3 Å². The van der Waals surface area contributed by atoms with Crippen molar-refractivity contribution in [1.29, 1.82) is 0 Å². The average molecular weight is 217 g/mol. The number of thiophene rings is 1. The number of nitrogens with two attached hydrogens (primary N) is 1. The van der Waals surface area contributed by atoms with Gasteiger partial charge < -0.3 is 5.73 Å². The van der Waals surface area contributed by atoms with Crippen LogP contribution in [-0.4, -0.2) is 6.04 Å². The van der Waals surface area contributed by atoms with Crippen molar-refractivity contribution in [2.24, 2.45) is 5.73 Å².